The molecule has 2 heterocycles. The van der Waals surface area contributed by atoms with Crippen molar-refractivity contribution in [2.24, 2.45) is 0 Å². The Morgan fingerprint density at radius 3 is 2.84 bits per heavy atom. The van der Waals surface area contributed by atoms with Gasteiger partial charge in [0.05, 0.1) is 6.33 Å². The SMILES string of the molecule is Oc1ccc(CN2CCCC2Cn2ccnc2)cc1. The number of aromatic hydroxyl groups is 1. The molecular formula is C15H19N3O. The van der Waals surface area contributed by atoms with Crippen LogP contribution in [0.25, 0.3) is 0 Å². The maximum atomic E-state index is 9.32. The van der Waals surface area contributed by atoms with Crippen LogP contribution in [-0.2, 0) is 13.1 Å². The number of imidazole rings is 1. The maximum Gasteiger partial charge on any atom is 0.115 e. The molecule has 0 saturated carbocycles. The zero-order valence-electron chi connectivity index (χ0n) is 10.9. The Morgan fingerprint density at radius 1 is 1.26 bits per heavy atom. The summed E-state index contributed by atoms with van der Waals surface area (Å²) in [6.07, 6.45) is 8.25. The Kier molecular flexibility index (Phi) is 3.51. The predicted octanol–water partition coefficient (Wildman–Crippen LogP) is 2.25. The minimum absolute atomic E-state index is 0.333. The molecule has 2 aromatic rings. The molecule has 4 heteroatoms. The number of rotatable bonds is 4. The highest BCUT2D eigenvalue weighted by Crippen LogP contribution is 2.22. The summed E-state index contributed by atoms with van der Waals surface area (Å²) in [4.78, 5) is 6.62. The van der Waals surface area contributed by atoms with Gasteiger partial charge in [0.25, 0.3) is 0 Å². The second-order valence-electron chi connectivity index (χ2n) is 5.19. The summed E-state index contributed by atoms with van der Waals surface area (Å²) in [5, 5.41) is 9.32. The third-order valence-electron chi connectivity index (χ3n) is 3.80. The first kappa shape index (κ1) is 12.2. The van der Waals surface area contributed by atoms with Gasteiger partial charge in [-0.1, -0.05) is 12.1 Å². The molecule has 1 saturated heterocycles. The van der Waals surface area contributed by atoms with Gasteiger partial charge in [-0.05, 0) is 37.1 Å². The van der Waals surface area contributed by atoms with Crippen LogP contribution < -0.4 is 0 Å². The number of aromatic nitrogens is 2. The highest BCUT2D eigenvalue weighted by atomic mass is 16.3. The van der Waals surface area contributed by atoms with E-state index in [0.29, 0.717) is 11.8 Å². The van der Waals surface area contributed by atoms with Crippen LogP contribution in [0.2, 0.25) is 0 Å². The number of hydrogen-bond acceptors (Lipinski definition) is 3. The van der Waals surface area contributed by atoms with Crippen molar-refractivity contribution in [1.29, 1.82) is 0 Å². The third kappa shape index (κ3) is 2.96. The van der Waals surface area contributed by atoms with Gasteiger partial charge in [-0.15, -0.1) is 0 Å². The van der Waals surface area contributed by atoms with Crippen molar-refractivity contribution in [3.05, 3.63) is 48.5 Å². The first-order valence-electron chi connectivity index (χ1n) is 6.79. The van der Waals surface area contributed by atoms with E-state index in [1.54, 1.807) is 12.1 Å². The number of phenolic OH excluding ortho intramolecular Hbond substituents is 1. The Morgan fingerprint density at radius 2 is 2.11 bits per heavy atom. The molecule has 0 radical (unpaired) electrons. The third-order valence-corrected chi connectivity index (χ3v) is 3.80. The molecule has 3 rings (SSSR count). The molecule has 4 nitrogen and oxygen atoms in total. The molecule has 1 aromatic heterocycles. The van der Waals surface area contributed by atoms with Gasteiger partial charge in [0.15, 0.2) is 0 Å². The average Bonchev–Trinajstić information content (AvgIpc) is 3.06. The molecule has 1 aliphatic heterocycles. The molecule has 1 fully saturated rings. The lowest BCUT2D eigenvalue weighted by molar-refractivity contribution is 0.224. The van der Waals surface area contributed by atoms with Crippen molar-refractivity contribution < 1.29 is 5.11 Å². The number of hydrogen-bond donors (Lipinski definition) is 1. The summed E-state index contributed by atoms with van der Waals surface area (Å²) in [5.74, 6) is 0.333. The molecule has 1 unspecified atom stereocenters. The van der Waals surface area contributed by atoms with E-state index in [4.69, 9.17) is 0 Å². The predicted molar refractivity (Wildman–Crippen MR) is 73.8 cm³/mol. The second kappa shape index (κ2) is 5.45. The number of nitrogens with zero attached hydrogens (tertiary/aromatic N) is 3. The van der Waals surface area contributed by atoms with Gasteiger partial charge >= 0.3 is 0 Å². The Bertz CT molecular complexity index is 507. The van der Waals surface area contributed by atoms with E-state index in [1.165, 1.54) is 18.4 Å². The first-order chi connectivity index (χ1) is 9.31. The van der Waals surface area contributed by atoms with Crippen LogP contribution in [0.1, 0.15) is 18.4 Å². The van der Waals surface area contributed by atoms with Gasteiger partial charge in [0, 0.05) is 31.5 Å². The van der Waals surface area contributed by atoms with Crippen LogP contribution in [0, 0.1) is 0 Å². The van der Waals surface area contributed by atoms with Crippen LogP contribution in [0.3, 0.4) is 0 Å². The lowest BCUT2D eigenvalue weighted by Gasteiger charge is -2.24. The van der Waals surface area contributed by atoms with Crippen molar-refractivity contribution in [3.8, 4) is 5.75 Å². The quantitative estimate of drug-likeness (QED) is 0.913. The van der Waals surface area contributed by atoms with Gasteiger partial charge in [0.2, 0.25) is 0 Å². The van der Waals surface area contributed by atoms with Gasteiger partial charge in [0.1, 0.15) is 5.75 Å². The normalized spacial score (nSPS) is 19.9. The molecule has 100 valence electrons. The summed E-state index contributed by atoms with van der Waals surface area (Å²) in [6.45, 7) is 3.12. The first-order valence-corrected chi connectivity index (χ1v) is 6.79. The maximum absolute atomic E-state index is 9.32. The molecule has 1 aliphatic rings. The van der Waals surface area contributed by atoms with Crippen molar-refractivity contribution in [1.82, 2.24) is 14.5 Å². The lowest BCUT2D eigenvalue weighted by Crippen LogP contribution is -2.32. The van der Waals surface area contributed by atoms with Crippen LogP contribution in [0.4, 0.5) is 0 Å². The summed E-state index contributed by atoms with van der Waals surface area (Å²) in [7, 11) is 0. The van der Waals surface area contributed by atoms with Gasteiger partial charge in [-0.3, -0.25) is 4.90 Å². The zero-order valence-corrected chi connectivity index (χ0v) is 10.9. The number of benzene rings is 1. The van der Waals surface area contributed by atoms with Crippen LogP contribution in [-0.4, -0.2) is 32.1 Å². The Hall–Kier alpha value is -1.81. The van der Waals surface area contributed by atoms with Gasteiger partial charge in [-0.2, -0.15) is 0 Å². The van der Waals surface area contributed by atoms with E-state index in [2.05, 4.69) is 14.5 Å². The summed E-state index contributed by atoms with van der Waals surface area (Å²) >= 11 is 0. The molecular weight excluding hydrogens is 238 g/mol. The fourth-order valence-corrected chi connectivity index (χ4v) is 2.78. The molecule has 0 spiro atoms. The second-order valence-corrected chi connectivity index (χ2v) is 5.19. The van der Waals surface area contributed by atoms with E-state index >= 15 is 0 Å². The molecule has 1 N–H and O–H groups in total. The van der Waals surface area contributed by atoms with E-state index in [9.17, 15) is 5.11 Å². The fraction of sp³-hybridized carbons (Fsp3) is 0.400. The van der Waals surface area contributed by atoms with Crippen molar-refractivity contribution in [2.45, 2.75) is 32.0 Å². The van der Waals surface area contributed by atoms with Crippen LogP contribution in [0.5, 0.6) is 5.75 Å². The van der Waals surface area contributed by atoms with E-state index < -0.39 is 0 Å². The topological polar surface area (TPSA) is 41.3 Å². The van der Waals surface area contributed by atoms with Crippen molar-refractivity contribution in [2.75, 3.05) is 6.54 Å². The number of phenols is 1. The van der Waals surface area contributed by atoms with E-state index in [1.807, 2.05) is 30.9 Å². The van der Waals surface area contributed by atoms with Crippen LogP contribution in [0.15, 0.2) is 43.0 Å². The van der Waals surface area contributed by atoms with Crippen LogP contribution >= 0.6 is 0 Å². The van der Waals surface area contributed by atoms with E-state index in [0.717, 1.165) is 19.6 Å². The zero-order chi connectivity index (χ0) is 13.1. The average molecular weight is 257 g/mol. The molecule has 19 heavy (non-hydrogen) atoms. The van der Waals surface area contributed by atoms with Crippen molar-refractivity contribution in [3.63, 3.8) is 0 Å². The molecule has 1 atom stereocenters. The van der Waals surface area contributed by atoms with Crippen molar-refractivity contribution >= 4 is 0 Å². The molecule has 1 aromatic carbocycles. The Balaban J connectivity index is 1.64. The molecule has 0 aliphatic carbocycles. The summed E-state index contributed by atoms with van der Waals surface area (Å²) in [5.41, 5.74) is 1.26. The smallest absolute Gasteiger partial charge is 0.115 e. The highest BCUT2D eigenvalue weighted by molar-refractivity contribution is 5.25. The lowest BCUT2D eigenvalue weighted by atomic mass is 10.1. The number of likely N-dealkylation sites (tertiary alicyclic amines) is 1. The summed E-state index contributed by atoms with van der Waals surface area (Å²) in [6, 6.07) is 8.11. The minimum Gasteiger partial charge on any atom is -0.508 e. The monoisotopic (exact) mass is 257 g/mol. The standard InChI is InChI=1S/C15H19N3O/c19-15-5-3-13(4-6-15)10-18-8-1-2-14(18)11-17-9-7-16-12-17/h3-7,9,12,14,19H,1-2,8,10-11H2. The van der Waals surface area contributed by atoms with E-state index in [-0.39, 0.29) is 0 Å². The minimum atomic E-state index is 0.333. The fourth-order valence-electron chi connectivity index (χ4n) is 2.78. The Labute approximate surface area is 113 Å². The van der Waals surface area contributed by atoms with Gasteiger partial charge in [-0.25, -0.2) is 4.98 Å². The highest BCUT2D eigenvalue weighted by Gasteiger charge is 2.24. The van der Waals surface area contributed by atoms with Gasteiger partial charge < -0.3 is 9.67 Å². The largest absolute Gasteiger partial charge is 0.508 e. The molecule has 0 bridgehead atoms. The summed E-state index contributed by atoms with van der Waals surface area (Å²) < 4.78 is 2.15. The molecule has 0 amide bonds.